The van der Waals surface area contributed by atoms with Crippen LogP contribution in [0.15, 0.2) is 65.3 Å². The molecule has 0 atom stereocenters. The average molecular weight is 380 g/mol. The Balaban J connectivity index is 1.50. The van der Waals surface area contributed by atoms with E-state index in [0.29, 0.717) is 22.0 Å². The molecule has 0 bridgehead atoms. The molecule has 0 aliphatic rings. The first-order chi connectivity index (χ1) is 13.2. The fraction of sp³-hybridized carbons (Fsp3) is 0.100. The summed E-state index contributed by atoms with van der Waals surface area (Å²) in [5.41, 5.74) is 1.38. The molecule has 0 spiro atoms. The summed E-state index contributed by atoms with van der Waals surface area (Å²) in [6.45, 7) is 0.233. The van der Waals surface area contributed by atoms with Crippen molar-refractivity contribution in [3.63, 3.8) is 0 Å². The van der Waals surface area contributed by atoms with Gasteiger partial charge in [0.05, 0.1) is 18.1 Å². The number of thiazole rings is 1. The van der Waals surface area contributed by atoms with Gasteiger partial charge in [0, 0.05) is 5.56 Å². The molecule has 0 saturated carbocycles. The number of nitrogens with one attached hydrogen (secondary N) is 1. The molecule has 4 aromatic rings. The number of carbonyl (C=O) groups is 1. The summed E-state index contributed by atoms with van der Waals surface area (Å²) in [5.74, 6) is 1.23. The van der Waals surface area contributed by atoms with Crippen LogP contribution in [-0.2, 0) is 6.61 Å². The van der Waals surface area contributed by atoms with Gasteiger partial charge in [-0.3, -0.25) is 10.1 Å². The van der Waals surface area contributed by atoms with Crippen molar-refractivity contribution in [3.05, 3.63) is 72.2 Å². The topological polar surface area (TPSA) is 73.6 Å². The summed E-state index contributed by atoms with van der Waals surface area (Å²) in [5, 5.41) is 3.26. The minimum atomic E-state index is -0.371. The molecule has 6 nitrogen and oxygen atoms in total. The van der Waals surface area contributed by atoms with E-state index in [2.05, 4.69) is 10.3 Å². The van der Waals surface area contributed by atoms with Crippen LogP contribution in [0.1, 0.15) is 16.1 Å². The number of carbonyl (C=O) groups excluding carboxylic acids is 1. The standard InChI is InChI=1S/C20H16N2O4S/c1-24-15-8-5-9-16-17(15)21-20(27-16)22-19(23)18-13(10-11-25-18)12-26-14-6-3-2-4-7-14/h2-11H,12H2,1H3,(H,21,22,23). The van der Waals surface area contributed by atoms with Crippen LogP contribution in [0.2, 0.25) is 0 Å². The van der Waals surface area contributed by atoms with E-state index in [-0.39, 0.29) is 18.3 Å². The molecule has 0 aliphatic heterocycles. The zero-order chi connectivity index (χ0) is 18.6. The van der Waals surface area contributed by atoms with Crippen LogP contribution < -0.4 is 14.8 Å². The number of ether oxygens (including phenoxy) is 2. The lowest BCUT2D eigenvalue weighted by molar-refractivity contribution is 0.0993. The molecule has 7 heteroatoms. The molecule has 0 unspecified atom stereocenters. The van der Waals surface area contributed by atoms with Gasteiger partial charge >= 0.3 is 0 Å². The zero-order valence-electron chi connectivity index (χ0n) is 14.5. The Bertz CT molecular complexity index is 1070. The van der Waals surface area contributed by atoms with Crippen molar-refractivity contribution >= 4 is 32.6 Å². The maximum Gasteiger partial charge on any atom is 0.293 e. The van der Waals surface area contributed by atoms with Crippen molar-refractivity contribution in [2.75, 3.05) is 12.4 Å². The van der Waals surface area contributed by atoms with Gasteiger partial charge in [-0.25, -0.2) is 4.98 Å². The highest BCUT2D eigenvalue weighted by atomic mass is 32.1. The Labute approximate surface area is 159 Å². The summed E-state index contributed by atoms with van der Waals surface area (Å²) in [6.07, 6.45) is 1.47. The largest absolute Gasteiger partial charge is 0.494 e. The fourth-order valence-corrected chi connectivity index (χ4v) is 3.50. The molecule has 1 amide bonds. The number of aromatic nitrogens is 1. The third kappa shape index (κ3) is 3.63. The normalized spacial score (nSPS) is 10.7. The van der Waals surface area contributed by atoms with E-state index >= 15 is 0 Å². The molecule has 2 aromatic heterocycles. The summed E-state index contributed by atoms with van der Waals surface area (Å²) >= 11 is 1.37. The number of furan rings is 1. The number of benzene rings is 2. The Hall–Kier alpha value is -3.32. The van der Waals surface area contributed by atoms with E-state index < -0.39 is 0 Å². The van der Waals surface area contributed by atoms with Gasteiger partial charge in [-0.1, -0.05) is 35.6 Å². The van der Waals surface area contributed by atoms with Crippen molar-refractivity contribution < 1.29 is 18.7 Å². The van der Waals surface area contributed by atoms with Crippen LogP contribution in [0.3, 0.4) is 0 Å². The first kappa shape index (κ1) is 17.1. The molecule has 0 aliphatic carbocycles. The summed E-state index contributed by atoms with van der Waals surface area (Å²) in [6, 6.07) is 16.8. The molecule has 2 aromatic carbocycles. The van der Waals surface area contributed by atoms with Crippen LogP contribution in [0.25, 0.3) is 10.2 Å². The van der Waals surface area contributed by atoms with Crippen LogP contribution in [0.4, 0.5) is 5.13 Å². The average Bonchev–Trinajstić information content (AvgIpc) is 3.33. The van der Waals surface area contributed by atoms with Crippen LogP contribution in [0, 0.1) is 0 Å². The number of hydrogen-bond donors (Lipinski definition) is 1. The Morgan fingerprint density at radius 3 is 2.81 bits per heavy atom. The van der Waals surface area contributed by atoms with Gasteiger partial charge in [-0.05, 0) is 30.3 Å². The van der Waals surface area contributed by atoms with Gasteiger partial charge in [-0.15, -0.1) is 0 Å². The van der Waals surface area contributed by atoms with Crippen molar-refractivity contribution in [2.24, 2.45) is 0 Å². The molecule has 1 N–H and O–H groups in total. The van der Waals surface area contributed by atoms with Crippen LogP contribution >= 0.6 is 11.3 Å². The number of rotatable bonds is 6. The predicted octanol–water partition coefficient (Wildman–Crippen LogP) is 4.73. The lowest BCUT2D eigenvalue weighted by atomic mass is 10.2. The number of amides is 1. The lowest BCUT2D eigenvalue weighted by Crippen LogP contribution is -2.13. The molecule has 0 radical (unpaired) electrons. The van der Waals surface area contributed by atoms with Crippen molar-refractivity contribution in [3.8, 4) is 11.5 Å². The molecular weight excluding hydrogens is 364 g/mol. The summed E-state index contributed by atoms with van der Waals surface area (Å²) in [7, 11) is 1.59. The smallest absolute Gasteiger partial charge is 0.293 e. The maximum absolute atomic E-state index is 12.6. The van der Waals surface area contributed by atoms with Crippen molar-refractivity contribution in [1.29, 1.82) is 0 Å². The van der Waals surface area contributed by atoms with Gasteiger partial charge in [0.2, 0.25) is 0 Å². The molecule has 4 rings (SSSR count). The van der Waals surface area contributed by atoms with Crippen LogP contribution in [0.5, 0.6) is 11.5 Å². The van der Waals surface area contributed by atoms with E-state index in [1.165, 1.54) is 17.6 Å². The monoisotopic (exact) mass is 380 g/mol. The van der Waals surface area contributed by atoms with Gasteiger partial charge in [0.1, 0.15) is 23.6 Å². The van der Waals surface area contributed by atoms with Gasteiger partial charge in [-0.2, -0.15) is 0 Å². The van der Waals surface area contributed by atoms with E-state index in [1.54, 1.807) is 13.2 Å². The number of anilines is 1. The number of hydrogen-bond acceptors (Lipinski definition) is 6. The minimum Gasteiger partial charge on any atom is -0.494 e. The first-order valence-corrected chi connectivity index (χ1v) is 9.05. The quantitative estimate of drug-likeness (QED) is 0.523. The zero-order valence-corrected chi connectivity index (χ0v) is 15.3. The second-order valence-electron chi connectivity index (χ2n) is 5.66. The van der Waals surface area contributed by atoms with Crippen molar-refractivity contribution in [2.45, 2.75) is 6.61 Å². The molecule has 27 heavy (non-hydrogen) atoms. The van der Waals surface area contributed by atoms with E-state index in [0.717, 1.165) is 10.4 Å². The number of fused-ring (bicyclic) bond motifs is 1. The van der Waals surface area contributed by atoms with Gasteiger partial charge in [0.15, 0.2) is 10.9 Å². The molecule has 0 saturated heterocycles. The van der Waals surface area contributed by atoms with E-state index in [9.17, 15) is 4.79 Å². The minimum absolute atomic E-state index is 0.206. The summed E-state index contributed by atoms with van der Waals surface area (Å²) < 4.78 is 17.3. The Morgan fingerprint density at radius 2 is 2.00 bits per heavy atom. The summed E-state index contributed by atoms with van der Waals surface area (Å²) in [4.78, 5) is 17.1. The maximum atomic E-state index is 12.6. The number of methoxy groups -OCH3 is 1. The lowest BCUT2D eigenvalue weighted by Gasteiger charge is -2.06. The second-order valence-corrected chi connectivity index (χ2v) is 6.69. The third-order valence-corrected chi connectivity index (χ3v) is 4.85. The van der Waals surface area contributed by atoms with Crippen LogP contribution in [-0.4, -0.2) is 18.0 Å². The highest BCUT2D eigenvalue weighted by molar-refractivity contribution is 7.22. The molecule has 2 heterocycles. The fourth-order valence-electron chi connectivity index (χ4n) is 2.62. The van der Waals surface area contributed by atoms with Crippen molar-refractivity contribution in [1.82, 2.24) is 4.98 Å². The predicted molar refractivity (Wildman–Crippen MR) is 104 cm³/mol. The third-order valence-electron chi connectivity index (χ3n) is 3.91. The SMILES string of the molecule is COc1cccc2sc(NC(=O)c3occc3COc3ccccc3)nc12. The Morgan fingerprint density at radius 1 is 1.15 bits per heavy atom. The number of nitrogens with zero attached hydrogens (tertiary/aromatic N) is 1. The highest BCUT2D eigenvalue weighted by Crippen LogP contribution is 2.32. The molecular formula is C20H16N2O4S. The molecule has 136 valence electrons. The second kappa shape index (κ2) is 7.51. The molecule has 0 fully saturated rings. The number of para-hydroxylation sites is 2. The van der Waals surface area contributed by atoms with E-state index in [1.807, 2.05) is 48.5 Å². The van der Waals surface area contributed by atoms with E-state index in [4.69, 9.17) is 13.9 Å². The first-order valence-electron chi connectivity index (χ1n) is 8.23. The highest BCUT2D eigenvalue weighted by Gasteiger charge is 2.18. The Kier molecular flexibility index (Phi) is 4.76. The van der Waals surface area contributed by atoms with Gasteiger partial charge < -0.3 is 13.9 Å². The van der Waals surface area contributed by atoms with Gasteiger partial charge in [0.25, 0.3) is 5.91 Å².